The van der Waals surface area contributed by atoms with Crippen LogP contribution in [0.2, 0.25) is 0 Å². The highest BCUT2D eigenvalue weighted by atomic mass is 15.1. The maximum atomic E-state index is 4.50. The van der Waals surface area contributed by atoms with Crippen molar-refractivity contribution in [3.63, 3.8) is 0 Å². The van der Waals surface area contributed by atoms with Gasteiger partial charge in [0.15, 0.2) is 0 Å². The highest BCUT2D eigenvalue weighted by Gasteiger charge is 2.05. The molecule has 110 valence electrons. The van der Waals surface area contributed by atoms with Crippen LogP contribution in [0.5, 0.6) is 0 Å². The fraction of sp³-hybridized carbons (Fsp3) is 0.625. The normalized spacial score (nSPS) is 15.1. The van der Waals surface area contributed by atoms with E-state index in [2.05, 4.69) is 40.5 Å². The molecule has 1 aromatic heterocycles. The van der Waals surface area contributed by atoms with Gasteiger partial charge >= 0.3 is 0 Å². The molecule has 1 aliphatic rings. The van der Waals surface area contributed by atoms with Gasteiger partial charge in [-0.3, -0.25) is 0 Å². The minimum absolute atomic E-state index is 0.344. The van der Waals surface area contributed by atoms with E-state index in [0.717, 1.165) is 24.5 Å². The molecule has 0 aliphatic heterocycles. The molecular weight excluding hydrogens is 248 g/mol. The number of nitrogens with zero attached hydrogens (tertiary/aromatic N) is 2. The third-order valence-electron chi connectivity index (χ3n) is 3.41. The lowest BCUT2D eigenvalue weighted by molar-refractivity contribution is 0.679. The van der Waals surface area contributed by atoms with E-state index in [1.807, 2.05) is 13.0 Å². The number of rotatable bonds is 6. The van der Waals surface area contributed by atoms with Gasteiger partial charge < -0.3 is 10.6 Å². The van der Waals surface area contributed by atoms with Crippen LogP contribution < -0.4 is 10.6 Å². The number of aryl methyl sites for hydroxylation is 1. The third kappa shape index (κ3) is 4.83. The quantitative estimate of drug-likeness (QED) is 0.772. The lowest BCUT2D eigenvalue weighted by atomic mass is 9.97. The smallest absolute Gasteiger partial charge is 0.225 e. The van der Waals surface area contributed by atoms with Crippen molar-refractivity contribution in [2.45, 2.75) is 58.9 Å². The SMILES string of the molecule is Cc1cc(NCCC2=CCCCC2)nc(NC(C)C)n1. The molecule has 1 heterocycles. The van der Waals surface area contributed by atoms with Crippen LogP contribution in [-0.2, 0) is 0 Å². The van der Waals surface area contributed by atoms with Crippen molar-refractivity contribution >= 4 is 11.8 Å². The fourth-order valence-electron chi connectivity index (χ4n) is 2.46. The van der Waals surface area contributed by atoms with Gasteiger partial charge in [-0.15, -0.1) is 0 Å². The molecule has 0 saturated carbocycles. The Morgan fingerprint density at radius 3 is 2.80 bits per heavy atom. The minimum Gasteiger partial charge on any atom is -0.370 e. The van der Waals surface area contributed by atoms with Crippen molar-refractivity contribution in [3.05, 3.63) is 23.4 Å². The van der Waals surface area contributed by atoms with E-state index >= 15 is 0 Å². The predicted octanol–water partition coefficient (Wildman–Crippen LogP) is 3.91. The topological polar surface area (TPSA) is 49.8 Å². The van der Waals surface area contributed by atoms with Crippen molar-refractivity contribution in [1.82, 2.24) is 9.97 Å². The van der Waals surface area contributed by atoms with E-state index in [1.54, 1.807) is 5.57 Å². The van der Waals surface area contributed by atoms with Gasteiger partial charge in [0.05, 0.1) is 0 Å². The van der Waals surface area contributed by atoms with Gasteiger partial charge in [-0.25, -0.2) is 4.98 Å². The lowest BCUT2D eigenvalue weighted by Gasteiger charge is -2.14. The molecule has 0 bridgehead atoms. The first-order valence-corrected chi connectivity index (χ1v) is 7.67. The fourth-order valence-corrected chi connectivity index (χ4v) is 2.46. The highest BCUT2D eigenvalue weighted by molar-refractivity contribution is 5.42. The molecule has 0 atom stereocenters. The number of nitrogens with one attached hydrogen (secondary N) is 2. The van der Waals surface area contributed by atoms with Crippen LogP contribution in [0.15, 0.2) is 17.7 Å². The molecule has 4 nitrogen and oxygen atoms in total. The number of anilines is 2. The summed E-state index contributed by atoms with van der Waals surface area (Å²) < 4.78 is 0. The van der Waals surface area contributed by atoms with E-state index in [4.69, 9.17) is 0 Å². The molecule has 2 N–H and O–H groups in total. The summed E-state index contributed by atoms with van der Waals surface area (Å²) in [5.74, 6) is 1.62. The second-order valence-corrected chi connectivity index (χ2v) is 5.80. The van der Waals surface area contributed by atoms with Crippen molar-refractivity contribution in [2.75, 3.05) is 17.2 Å². The Morgan fingerprint density at radius 2 is 2.10 bits per heavy atom. The van der Waals surface area contributed by atoms with E-state index in [0.29, 0.717) is 12.0 Å². The number of aromatic nitrogens is 2. The third-order valence-corrected chi connectivity index (χ3v) is 3.41. The average molecular weight is 274 g/mol. The van der Waals surface area contributed by atoms with Crippen molar-refractivity contribution < 1.29 is 0 Å². The molecular formula is C16H26N4. The standard InChI is InChI=1S/C16H26N4/c1-12(2)18-16-19-13(3)11-15(20-16)17-10-9-14-7-5-4-6-8-14/h7,11-12H,4-6,8-10H2,1-3H3,(H2,17,18,19,20). The largest absolute Gasteiger partial charge is 0.370 e. The summed E-state index contributed by atoms with van der Waals surface area (Å²) in [6.07, 6.45) is 8.75. The summed E-state index contributed by atoms with van der Waals surface area (Å²) >= 11 is 0. The summed E-state index contributed by atoms with van der Waals surface area (Å²) in [4.78, 5) is 8.90. The first-order valence-electron chi connectivity index (χ1n) is 7.67. The second-order valence-electron chi connectivity index (χ2n) is 5.80. The summed E-state index contributed by atoms with van der Waals surface area (Å²) in [7, 11) is 0. The number of hydrogen-bond donors (Lipinski definition) is 2. The lowest BCUT2D eigenvalue weighted by Crippen LogP contribution is -2.14. The van der Waals surface area contributed by atoms with E-state index in [-0.39, 0.29) is 0 Å². The highest BCUT2D eigenvalue weighted by Crippen LogP contribution is 2.20. The molecule has 0 saturated heterocycles. The molecule has 0 aromatic carbocycles. The first kappa shape index (κ1) is 14.8. The van der Waals surface area contributed by atoms with E-state index in [1.165, 1.54) is 25.7 Å². The zero-order valence-corrected chi connectivity index (χ0v) is 12.9. The molecule has 2 rings (SSSR count). The maximum absolute atomic E-state index is 4.50. The van der Waals surface area contributed by atoms with Crippen LogP contribution >= 0.6 is 0 Å². The van der Waals surface area contributed by atoms with Crippen molar-refractivity contribution in [1.29, 1.82) is 0 Å². The molecule has 0 unspecified atom stereocenters. The van der Waals surface area contributed by atoms with Gasteiger partial charge in [-0.05, 0) is 52.9 Å². The molecule has 20 heavy (non-hydrogen) atoms. The van der Waals surface area contributed by atoms with Crippen LogP contribution in [0.4, 0.5) is 11.8 Å². The van der Waals surface area contributed by atoms with Gasteiger partial charge in [-0.1, -0.05) is 11.6 Å². The minimum atomic E-state index is 0.344. The maximum Gasteiger partial charge on any atom is 0.225 e. The Labute approximate surface area is 122 Å². The Kier molecular flexibility index (Phi) is 5.39. The molecule has 0 radical (unpaired) electrons. The van der Waals surface area contributed by atoms with E-state index < -0.39 is 0 Å². The van der Waals surface area contributed by atoms with Gasteiger partial charge in [0.2, 0.25) is 5.95 Å². The first-order chi connectivity index (χ1) is 9.63. The number of hydrogen-bond acceptors (Lipinski definition) is 4. The van der Waals surface area contributed by atoms with Crippen molar-refractivity contribution in [2.24, 2.45) is 0 Å². The molecule has 1 aliphatic carbocycles. The average Bonchev–Trinajstić information content (AvgIpc) is 2.38. The van der Waals surface area contributed by atoms with E-state index in [9.17, 15) is 0 Å². The Bertz CT molecular complexity index is 466. The number of allylic oxidation sites excluding steroid dienone is 1. The van der Waals surface area contributed by atoms with Crippen LogP contribution in [0.1, 0.15) is 51.6 Å². The molecule has 1 aromatic rings. The predicted molar refractivity (Wildman–Crippen MR) is 85.2 cm³/mol. The Balaban J connectivity index is 1.88. The van der Waals surface area contributed by atoms with Gasteiger partial charge in [0.1, 0.15) is 5.82 Å². The molecule has 0 spiro atoms. The second kappa shape index (κ2) is 7.27. The Morgan fingerprint density at radius 1 is 1.25 bits per heavy atom. The van der Waals surface area contributed by atoms with Gasteiger partial charge in [-0.2, -0.15) is 4.98 Å². The summed E-state index contributed by atoms with van der Waals surface area (Å²) in [6.45, 7) is 7.13. The summed E-state index contributed by atoms with van der Waals surface area (Å²) in [5, 5.41) is 6.67. The molecule has 4 heteroatoms. The van der Waals surface area contributed by atoms with Crippen molar-refractivity contribution in [3.8, 4) is 0 Å². The summed E-state index contributed by atoms with van der Waals surface area (Å²) in [5.41, 5.74) is 2.58. The van der Waals surface area contributed by atoms with Crippen LogP contribution in [0.25, 0.3) is 0 Å². The van der Waals surface area contributed by atoms with Crippen LogP contribution in [0, 0.1) is 6.92 Å². The summed E-state index contributed by atoms with van der Waals surface area (Å²) in [6, 6.07) is 2.35. The Hall–Kier alpha value is -1.58. The zero-order valence-electron chi connectivity index (χ0n) is 12.9. The van der Waals surface area contributed by atoms with Crippen LogP contribution in [-0.4, -0.2) is 22.6 Å². The van der Waals surface area contributed by atoms with Gasteiger partial charge in [0.25, 0.3) is 0 Å². The van der Waals surface area contributed by atoms with Crippen LogP contribution in [0.3, 0.4) is 0 Å². The molecule has 0 amide bonds. The zero-order chi connectivity index (χ0) is 14.4. The monoisotopic (exact) mass is 274 g/mol. The van der Waals surface area contributed by atoms with Gasteiger partial charge in [0, 0.05) is 24.3 Å². The molecule has 0 fully saturated rings.